The van der Waals surface area contributed by atoms with E-state index in [0.717, 1.165) is 11.8 Å². The normalized spacial score (nSPS) is 26.7. The van der Waals surface area contributed by atoms with Gasteiger partial charge in [-0.2, -0.15) is 0 Å². The quantitative estimate of drug-likeness (QED) is 0.818. The molecule has 2 bridgehead atoms. The molecule has 1 aromatic carbocycles. The number of phenolic OH excluding ortho intramolecular Hbond substituents is 1. The topological polar surface area (TPSA) is 75.6 Å². The highest BCUT2D eigenvalue weighted by atomic mass is 16.5. The number of nitrogens with one attached hydrogen (secondary N) is 1. The Hall–Kier alpha value is -2.04. The van der Waals surface area contributed by atoms with E-state index >= 15 is 0 Å². The van der Waals surface area contributed by atoms with E-state index in [4.69, 9.17) is 4.74 Å². The molecule has 0 radical (unpaired) electrons. The van der Waals surface area contributed by atoms with Gasteiger partial charge in [0.2, 0.25) is 0 Å². The summed E-state index contributed by atoms with van der Waals surface area (Å²) in [6.45, 7) is 1.71. The van der Waals surface area contributed by atoms with Crippen molar-refractivity contribution in [3.63, 3.8) is 0 Å². The Morgan fingerprint density at radius 3 is 2.74 bits per heavy atom. The first kappa shape index (κ1) is 15.8. The van der Waals surface area contributed by atoms with Gasteiger partial charge < -0.3 is 15.2 Å². The molecular formula is C18H23NO4. The molecular weight excluding hydrogens is 294 g/mol. The zero-order valence-corrected chi connectivity index (χ0v) is 13.3. The maximum Gasteiger partial charge on any atom is 0.342 e. The van der Waals surface area contributed by atoms with Gasteiger partial charge in [0.05, 0.1) is 0 Å². The molecule has 3 rings (SSSR count). The Morgan fingerprint density at radius 1 is 1.30 bits per heavy atom. The van der Waals surface area contributed by atoms with Gasteiger partial charge in [-0.1, -0.05) is 18.6 Å². The van der Waals surface area contributed by atoms with E-state index in [1.54, 1.807) is 12.1 Å². The minimum atomic E-state index is -0.689. The summed E-state index contributed by atoms with van der Waals surface area (Å²) in [7, 11) is 0. The highest BCUT2D eigenvalue weighted by Gasteiger charge is 2.42. The van der Waals surface area contributed by atoms with E-state index in [1.165, 1.54) is 37.8 Å². The number of esters is 1. The van der Waals surface area contributed by atoms with Crippen molar-refractivity contribution in [2.45, 2.75) is 38.6 Å². The first-order valence-electron chi connectivity index (χ1n) is 8.29. The van der Waals surface area contributed by atoms with E-state index in [-0.39, 0.29) is 29.9 Å². The summed E-state index contributed by atoms with van der Waals surface area (Å²) in [5.41, 5.74) is 0.0708. The predicted octanol–water partition coefficient (Wildman–Crippen LogP) is 2.49. The Kier molecular flexibility index (Phi) is 4.55. The molecule has 0 spiro atoms. The van der Waals surface area contributed by atoms with E-state index in [9.17, 15) is 14.7 Å². The highest BCUT2D eigenvalue weighted by Crippen LogP contribution is 2.49. The van der Waals surface area contributed by atoms with Crippen LogP contribution in [0.5, 0.6) is 5.75 Å². The first-order valence-corrected chi connectivity index (χ1v) is 8.29. The number of carbonyl (C=O) groups excluding carboxylic acids is 2. The van der Waals surface area contributed by atoms with Crippen LogP contribution < -0.4 is 5.32 Å². The number of carbonyl (C=O) groups is 2. The van der Waals surface area contributed by atoms with Crippen LogP contribution in [0.3, 0.4) is 0 Å². The molecule has 2 saturated carbocycles. The number of fused-ring (bicyclic) bond motifs is 2. The van der Waals surface area contributed by atoms with Crippen molar-refractivity contribution in [3.8, 4) is 5.75 Å². The van der Waals surface area contributed by atoms with E-state index in [1.807, 2.05) is 6.92 Å². The van der Waals surface area contributed by atoms with Crippen molar-refractivity contribution in [2.24, 2.45) is 17.8 Å². The van der Waals surface area contributed by atoms with Crippen LogP contribution in [0.15, 0.2) is 24.3 Å². The van der Waals surface area contributed by atoms with Crippen molar-refractivity contribution in [2.75, 3.05) is 6.61 Å². The summed E-state index contributed by atoms with van der Waals surface area (Å²) in [5, 5.41) is 12.5. The minimum Gasteiger partial charge on any atom is -0.507 e. The number of hydrogen-bond donors (Lipinski definition) is 2. The first-order chi connectivity index (χ1) is 11.0. The van der Waals surface area contributed by atoms with Crippen LogP contribution in [-0.2, 0) is 9.53 Å². The standard InChI is InChI=1S/C18H23NO4/c1-11(15-9-12-6-7-13(15)8-12)19-17(21)10-23-18(22)14-4-2-3-5-16(14)20/h2-5,11-13,15,20H,6-10H2,1H3,(H,19,21). The number of phenols is 1. The Balaban J connectivity index is 1.46. The Morgan fingerprint density at radius 2 is 2.09 bits per heavy atom. The summed E-state index contributed by atoms with van der Waals surface area (Å²) in [4.78, 5) is 23.8. The second-order valence-corrected chi connectivity index (χ2v) is 6.79. The van der Waals surface area contributed by atoms with Crippen LogP contribution >= 0.6 is 0 Å². The van der Waals surface area contributed by atoms with Gasteiger partial charge in [0.25, 0.3) is 5.91 Å². The molecule has 0 saturated heterocycles. The minimum absolute atomic E-state index is 0.0708. The van der Waals surface area contributed by atoms with Gasteiger partial charge in [-0.05, 0) is 56.1 Å². The fourth-order valence-corrected chi connectivity index (χ4v) is 4.16. The van der Waals surface area contributed by atoms with Gasteiger partial charge in [-0.3, -0.25) is 4.79 Å². The van der Waals surface area contributed by atoms with Crippen molar-refractivity contribution in [1.82, 2.24) is 5.32 Å². The van der Waals surface area contributed by atoms with Gasteiger partial charge in [-0.25, -0.2) is 4.79 Å². The van der Waals surface area contributed by atoms with E-state index < -0.39 is 5.97 Å². The van der Waals surface area contributed by atoms with Crippen molar-refractivity contribution in [3.05, 3.63) is 29.8 Å². The lowest BCUT2D eigenvalue weighted by Gasteiger charge is -2.28. The average Bonchev–Trinajstić information content (AvgIpc) is 3.16. The fraction of sp³-hybridized carbons (Fsp3) is 0.556. The molecule has 1 amide bonds. The molecule has 0 aromatic heterocycles. The molecule has 0 heterocycles. The van der Waals surface area contributed by atoms with Gasteiger partial charge in [-0.15, -0.1) is 0 Å². The second kappa shape index (κ2) is 6.60. The molecule has 2 fully saturated rings. The number of ether oxygens (including phenoxy) is 1. The van der Waals surface area contributed by atoms with Crippen LogP contribution in [0.4, 0.5) is 0 Å². The summed E-state index contributed by atoms with van der Waals surface area (Å²) >= 11 is 0. The van der Waals surface area contributed by atoms with Crippen LogP contribution in [0, 0.1) is 17.8 Å². The monoisotopic (exact) mass is 317 g/mol. The largest absolute Gasteiger partial charge is 0.507 e. The van der Waals surface area contributed by atoms with Crippen LogP contribution in [0.2, 0.25) is 0 Å². The highest BCUT2D eigenvalue weighted by molar-refractivity contribution is 5.93. The molecule has 2 N–H and O–H groups in total. The SMILES string of the molecule is CC(NC(=O)COC(=O)c1ccccc1O)C1CC2CCC1C2. The van der Waals surface area contributed by atoms with Gasteiger partial charge in [0.15, 0.2) is 6.61 Å². The Labute approximate surface area is 136 Å². The molecule has 1 aromatic rings. The summed E-state index contributed by atoms with van der Waals surface area (Å²) < 4.78 is 4.99. The lowest BCUT2D eigenvalue weighted by Crippen LogP contribution is -2.42. The lowest BCUT2D eigenvalue weighted by atomic mass is 9.84. The van der Waals surface area contributed by atoms with Crippen LogP contribution in [0.25, 0.3) is 0 Å². The third-order valence-corrected chi connectivity index (χ3v) is 5.28. The molecule has 2 aliphatic rings. The number of amides is 1. The second-order valence-electron chi connectivity index (χ2n) is 6.79. The zero-order valence-electron chi connectivity index (χ0n) is 13.3. The number of hydrogen-bond acceptors (Lipinski definition) is 4. The zero-order chi connectivity index (χ0) is 16.4. The molecule has 4 unspecified atom stereocenters. The maximum absolute atomic E-state index is 12.0. The van der Waals surface area contributed by atoms with Crippen molar-refractivity contribution < 1.29 is 19.4 Å². The van der Waals surface area contributed by atoms with Gasteiger partial charge in [0.1, 0.15) is 11.3 Å². The third-order valence-electron chi connectivity index (χ3n) is 5.28. The summed E-state index contributed by atoms with van der Waals surface area (Å²) in [5.74, 6) is 0.997. The van der Waals surface area contributed by atoms with Crippen molar-refractivity contribution >= 4 is 11.9 Å². The average molecular weight is 317 g/mol. The number of para-hydroxylation sites is 1. The molecule has 2 aliphatic carbocycles. The van der Waals surface area contributed by atoms with Crippen molar-refractivity contribution in [1.29, 1.82) is 0 Å². The fourth-order valence-electron chi connectivity index (χ4n) is 4.16. The number of benzene rings is 1. The Bertz CT molecular complexity index is 600. The maximum atomic E-state index is 12.0. The molecule has 5 nitrogen and oxygen atoms in total. The molecule has 23 heavy (non-hydrogen) atoms. The third kappa shape index (κ3) is 3.49. The van der Waals surface area contributed by atoms with Crippen LogP contribution in [0.1, 0.15) is 43.0 Å². The summed E-state index contributed by atoms with van der Waals surface area (Å²) in [6.07, 6.45) is 5.11. The number of aromatic hydroxyl groups is 1. The molecule has 0 aliphatic heterocycles. The molecule has 5 heteroatoms. The summed E-state index contributed by atoms with van der Waals surface area (Å²) in [6, 6.07) is 6.24. The number of rotatable bonds is 5. The van der Waals surface area contributed by atoms with Crippen LogP contribution in [-0.4, -0.2) is 29.6 Å². The van der Waals surface area contributed by atoms with Gasteiger partial charge >= 0.3 is 5.97 Å². The van der Waals surface area contributed by atoms with Gasteiger partial charge in [0, 0.05) is 6.04 Å². The van der Waals surface area contributed by atoms with E-state index in [0.29, 0.717) is 5.92 Å². The molecule has 4 atom stereocenters. The predicted molar refractivity (Wildman–Crippen MR) is 84.9 cm³/mol. The lowest BCUT2D eigenvalue weighted by molar-refractivity contribution is -0.125. The van der Waals surface area contributed by atoms with E-state index in [2.05, 4.69) is 5.32 Å². The smallest absolute Gasteiger partial charge is 0.342 e. The molecule has 124 valence electrons.